The van der Waals surface area contributed by atoms with Crippen LogP contribution in [0.4, 0.5) is 10.6 Å². The molecule has 1 N–H and O–H groups in total. The highest BCUT2D eigenvalue weighted by atomic mass is 32.1. The molecule has 1 unspecified atom stereocenters. The molecule has 3 rings (SSSR count). The molecule has 0 aliphatic carbocycles. The van der Waals surface area contributed by atoms with Crippen molar-refractivity contribution in [2.24, 2.45) is 0 Å². The van der Waals surface area contributed by atoms with Crippen LogP contribution in [0.25, 0.3) is 0 Å². The Bertz CT molecular complexity index is 598. The van der Waals surface area contributed by atoms with Gasteiger partial charge >= 0.3 is 6.03 Å². The Balaban J connectivity index is 1.78. The van der Waals surface area contributed by atoms with Crippen LogP contribution in [0, 0.1) is 0 Å². The third kappa shape index (κ3) is 2.38. The second-order valence-corrected chi connectivity index (χ2v) is 5.69. The zero-order valence-corrected chi connectivity index (χ0v) is 12.1. The molecule has 0 bridgehead atoms. The molecule has 0 spiro atoms. The Morgan fingerprint density at radius 3 is 3.20 bits per heavy atom. The number of thiophene rings is 1. The summed E-state index contributed by atoms with van der Waals surface area (Å²) in [6.45, 7) is 2.87. The lowest BCUT2D eigenvalue weighted by atomic mass is 9.98. The van der Waals surface area contributed by atoms with Gasteiger partial charge in [-0.15, -0.1) is 11.3 Å². The number of anilines is 1. The maximum absolute atomic E-state index is 12.4. The van der Waals surface area contributed by atoms with E-state index < -0.39 is 0 Å². The molecule has 1 atom stereocenters. The second kappa shape index (κ2) is 5.58. The first kappa shape index (κ1) is 13.1. The van der Waals surface area contributed by atoms with Crippen LogP contribution in [0.1, 0.15) is 29.8 Å². The first-order valence-electron chi connectivity index (χ1n) is 6.69. The molecule has 0 saturated carbocycles. The highest BCUT2D eigenvalue weighted by molar-refractivity contribution is 7.10. The highest BCUT2D eigenvalue weighted by Gasteiger charge is 2.30. The van der Waals surface area contributed by atoms with Gasteiger partial charge in [0.2, 0.25) is 0 Å². The summed E-state index contributed by atoms with van der Waals surface area (Å²) in [5.41, 5.74) is 1.29. The first-order valence-corrected chi connectivity index (χ1v) is 7.57. The number of urea groups is 1. The fourth-order valence-corrected chi connectivity index (χ4v) is 3.55. The molecule has 1 aliphatic rings. The molecule has 20 heavy (non-hydrogen) atoms. The zero-order valence-electron chi connectivity index (χ0n) is 11.2. The molecule has 3 heterocycles. The van der Waals surface area contributed by atoms with E-state index in [0.717, 1.165) is 19.4 Å². The van der Waals surface area contributed by atoms with Gasteiger partial charge in [-0.3, -0.25) is 5.32 Å². The number of rotatable bonds is 2. The summed E-state index contributed by atoms with van der Waals surface area (Å²) < 4.78 is 0. The number of hydrogen-bond acceptors (Lipinski definition) is 4. The Kier molecular flexibility index (Phi) is 3.64. The summed E-state index contributed by atoms with van der Waals surface area (Å²) in [5.74, 6) is 0.538. The minimum Gasteiger partial charge on any atom is -0.317 e. The van der Waals surface area contributed by atoms with Crippen molar-refractivity contribution in [2.75, 3.05) is 11.9 Å². The van der Waals surface area contributed by atoms with Crippen LogP contribution < -0.4 is 5.32 Å². The topological polar surface area (TPSA) is 58.1 Å². The van der Waals surface area contributed by atoms with Crippen molar-refractivity contribution >= 4 is 23.2 Å². The molecule has 0 saturated heterocycles. The van der Waals surface area contributed by atoms with Gasteiger partial charge in [0.05, 0.1) is 6.04 Å². The van der Waals surface area contributed by atoms with Gasteiger partial charge in [0.15, 0.2) is 0 Å². The smallest absolute Gasteiger partial charge is 0.317 e. The van der Waals surface area contributed by atoms with E-state index in [1.165, 1.54) is 16.8 Å². The maximum atomic E-state index is 12.4. The van der Waals surface area contributed by atoms with Crippen LogP contribution in [-0.4, -0.2) is 27.4 Å². The van der Waals surface area contributed by atoms with Crippen LogP contribution in [0.3, 0.4) is 0 Å². The van der Waals surface area contributed by atoms with Gasteiger partial charge in [0, 0.05) is 17.6 Å². The molecule has 2 amide bonds. The molecular weight excluding hydrogens is 272 g/mol. The molecule has 0 aromatic carbocycles. The van der Waals surface area contributed by atoms with Crippen molar-refractivity contribution in [3.63, 3.8) is 0 Å². The van der Waals surface area contributed by atoms with Crippen LogP contribution in [-0.2, 0) is 6.42 Å². The van der Waals surface area contributed by atoms with E-state index in [2.05, 4.69) is 33.7 Å². The lowest BCUT2D eigenvalue weighted by Gasteiger charge is -2.35. The molecule has 2 aromatic rings. The Morgan fingerprint density at radius 2 is 2.45 bits per heavy atom. The van der Waals surface area contributed by atoms with Gasteiger partial charge < -0.3 is 4.90 Å². The van der Waals surface area contributed by atoms with E-state index in [4.69, 9.17) is 0 Å². The Morgan fingerprint density at radius 1 is 1.55 bits per heavy atom. The summed E-state index contributed by atoms with van der Waals surface area (Å²) in [7, 11) is 0. The quantitative estimate of drug-likeness (QED) is 0.924. The normalized spacial score (nSPS) is 17.6. The molecule has 5 nitrogen and oxygen atoms in total. The third-order valence-electron chi connectivity index (χ3n) is 3.56. The van der Waals surface area contributed by atoms with Crippen LogP contribution in [0.15, 0.2) is 30.0 Å². The SMILES string of the molecule is CCC1c2ccsc2CCN1C(=O)Nc1ccncn1. The lowest BCUT2D eigenvalue weighted by molar-refractivity contribution is 0.181. The van der Waals surface area contributed by atoms with Gasteiger partial charge in [-0.05, 0) is 35.9 Å². The summed E-state index contributed by atoms with van der Waals surface area (Å²) in [6.07, 6.45) is 4.90. The maximum Gasteiger partial charge on any atom is 0.323 e. The predicted octanol–water partition coefficient (Wildman–Crippen LogP) is 3.08. The van der Waals surface area contributed by atoms with Gasteiger partial charge in [0.1, 0.15) is 12.1 Å². The number of amides is 2. The van der Waals surface area contributed by atoms with E-state index in [0.29, 0.717) is 5.82 Å². The van der Waals surface area contributed by atoms with E-state index >= 15 is 0 Å². The van der Waals surface area contributed by atoms with Gasteiger partial charge in [-0.25, -0.2) is 14.8 Å². The number of nitrogens with one attached hydrogen (secondary N) is 1. The predicted molar refractivity (Wildman–Crippen MR) is 78.8 cm³/mol. The minimum atomic E-state index is -0.0904. The van der Waals surface area contributed by atoms with Crippen LogP contribution in [0.2, 0.25) is 0 Å². The number of aromatic nitrogens is 2. The summed E-state index contributed by atoms with van der Waals surface area (Å²) >= 11 is 1.78. The second-order valence-electron chi connectivity index (χ2n) is 4.69. The Hall–Kier alpha value is -1.95. The molecule has 0 radical (unpaired) electrons. The van der Waals surface area contributed by atoms with Crippen LogP contribution >= 0.6 is 11.3 Å². The van der Waals surface area contributed by atoms with E-state index in [-0.39, 0.29) is 12.1 Å². The van der Waals surface area contributed by atoms with Crippen molar-refractivity contribution in [1.29, 1.82) is 0 Å². The number of carbonyl (C=O) groups is 1. The monoisotopic (exact) mass is 288 g/mol. The van der Waals surface area contributed by atoms with Crippen molar-refractivity contribution in [2.45, 2.75) is 25.8 Å². The average Bonchev–Trinajstić information content (AvgIpc) is 2.95. The summed E-state index contributed by atoms with van der Waals surface area (Å²) in [6, 6.07) is 3.90. The Labute approximate surface area is 121 Å². The van der Waals surface area contributed by atoms with Gasteiger partial charge in [-0.2, -0.15) is 0 Å². The van der Waals surface area contributed by atoms with Gasteiger partial charge in [-0.1, -0.05) is 6.92 Å². The van der Waals surface area contributed by atoms with Gasteiger partial charge in [0.25, 0.3) is 0 Å². The lowest BCUT2D eigenvalue weighted by Crippen LogP contribution is -2.42. The highest BCUT2D eigenvalue weighted by Crippen LogP contribution is 2.35. The largest absolute Gasteiger partial charge is 0.323 e. The van der Waals surface area contributed by atoms with E-state index in [1.54, 1.807) is 23.6 Å². The number of fused-ring (bicyclic) bond motifs is 1. The van der Waals surface area contributed by atoms with Crippen molar-refractivity contribution in [3.05, 3.63) is 40.5 Å². The minimum absolute atomic E-state index is 0.0904. The summed E-state index contributed by atoms with van der Waals surface area (Å²) in [4.78, 5) is 23.6. The number of hydrogen-bond donors (Lipinski definition) is 1. The zero-order chi connectivity index (χ0) is 13.9. The molecule has 0 fully saturated rings. The fraction of sp³-hybridized carbons (Fsp3) is 0.357. The van der Waals surface area contributed by atoms with E-state index in [1.807, 2.05) is 4.90 Å². The number of carbonyl (C=O) groups excluding carboxylic acids is 1. The third-order valence-corrected chi connectivity index (χ3v) is 4.56. The van der Waals surface area contributed by atoms with Crippen LogP contribution in [0.5, 0.6) is 0 Å². The molecule has 2 aromatic heterocycles. The first-order chi connectivity index (χ1) is 9.79. The van der Waals surface area contributed by atoms with E-state index in [9.17, 15) is 4.79 Å². The van der Waals surface area contributed by atoms with Crippen molar-refractivity contribution in [3.8, 4) is 0 Å². The van der Waals surface area contributed by atoms with Crippen molar-refractivity contribution in [1.82, 2.24) is 14.9 Å². The average molecular weight is 288 g/mol. The molecule has 1 aliphatic heterocycles. The summed E-state index contributed by atoms with van der Waals surface area (Å²) in [5, 5.41) is 4.95. The number of nitrogens with zero attached hydrogens (tertiary/aromatic N) is 3. The van der Waals surface area contributed by atoms with Crippen molar-refractivity contribution < 1.29 is 4.79 Å². The standard InChI is InChI=1S/C14H16N4OS/c1-2-11-10-5-8-20-12(10)4-7-18(11)14(19)17-13-3-6-15-9-16-13/h3,5-6,8-9,11H,2,4,7H2,1H3,(H,15,16,17,19). The molecule has 6 heteroatoms. The molecule has 104 valence electrons. The molecular formula is C14H16N4OS. The fourth-order valence-electron chi connectivity index (χ4n) is 2.63.